The highest BCUT2D eigenvalue weighted by atomic mass is 16.5. The highest BCUT2D eigenvalue weighted by molar-refractivity contribution is 4.86. The molecule has 1 unspecified atom stereocenters. The fourth-order valence-corrected chi connectivity index (χ4v) is 1.95. The molecule has 0 bridgehead atoms. The molecule has 0 aromatic rings. The summed E-state index contributed by atoms with van der Waals surface area (Å²) in [5.41, 5.74) is 0.394. The molecule has 1 saturated carbocycles. The second kappa shape index (κ2) is 6.58. The van der Waals surface area contributed by atoms with Crippen LogP contribution in [0.5, 0.6) is 0 Å². The highest BCUT2D eigenvalue weighted by Gasteiger charge is 2.28. The number of nitrogens with zero attached hydrogens (tertiary/aromatic N) is 1. The van der Waals surface area contributed by atoms with E-state index in [9.17, 15) is 0 Å². The van der Waals surface area contributed by atoms with Gasteiger partial charge in [-0.1, -0.05) is 13.8 Å². The molecule has 0 saturated heterocycles. The van der Waals surface area contributed by atoms with Gasteiger partial charge in [0.05, 0.1) is 6.61 Å². The third-order valence-electron chi connectivity index (χ3n) is 3.58. The van der Waals surface area contributed by atoms with Gasteiger partial charge in [-0.3, -0.25) is 0 Å². The Morgan fingerprint density at radius 3 is 2.62 bits per heavy atom. The maximum Gasteiger partial charge on any atom is 0.0589 e. The molecule has 1 atom stereocenters. The second-order valence-corrected chi connectivity index (χ2v) is 5.55. The lowest BCUT2D eigenvalue weighted by Gasteiger charge is -2.33. The van der Waals surface area contributed by atoms with Crippen molar-refractivity contribution in [3.05, 3.63) is 0 Å². The molecule has 0 aromatic carbocycles. The summed E-state index contributed by atoms with van der Waals surface area (Å²) in [5, 5.41) is 3.65. The van der Waals surface area contributed by atoms with E-state index in [1.807, 2.05) is 0 Å². The number of ether oxygens (including phenoxy) is 1. The minimum Gasteiger partial charge on any atom is -0.383 e. The van der Waals surface area contributed by atoms with Crippen molar-refractivity contribution in [3.63, 3.8) is 0 Å². The number of rotatable bonds is 9. The lowest BCUT2D eigenvalue weighted by Crippen LogP contribution is -2.42. The lowest BCUT2D eigenvalue weighted by molar-refractivity contribution is 0.126. The van der Waals surface area contributed by atoms with E-state index in [4.69, 9.17) is 4.74 Å². The van der Waals surface area contributed by atoms with Crippen LogP contribution in [-0.2, 0) is 4.74 Å². The first-order valence-corrected chi connectivity index (χ1v) is 6.50. The Morgan fingerprint density at radius 2 is 2.12 bits per heavy atom. The van der Waals surface area contributed by atoms with Crippen LogP contribution in [0, 0.1) is 5.41 Å². The number of hydrogen-bond acceptors (Lipinski definition) is 3. The average molecular weight is 228 g/mol. The zero-order valence-corrected chi connectivity index (χ0v) is 11.4. The summed E-state index contributed by atoms with van der Waals surface area (Å²) in [6.07, 6.45) is 3.97. The summed E-state index contributed by atoms with van der Waals surface area (Å²) in [6.45, 7) is 8.81. The van der Waals surface area contributed by atoms with E-state index in [2.05, 4.69) is 31.1 Å². The van der Waals surface area contributed by atoms with E-state index in [-0.39, 0.29) is 0 Å². The Hall–Kier alpha value is -0.120. The third kappa shape index (κ3) is 5.28. The largest absolute Gasteiger partial charge is 0.383 e. The normalized spacial score (nSPS) is 20.1. The summed E-state index contributed by atoms with van der Waals surface area (Å²) in [6, 6.07) is 0.815. The van der Waals surface area contributed by atoms with Crippen molar-refractivity contribution in [2.24, 2.45) is 5.41 Å². The van der Waals surface area contributed by atoms with Crippen molar-refractivity contribution in [3.8, 4) is 0 Å². The van der Waals surface area contributed by atoms with Gasteiger partial charge in [-0.15, -0.1) is 0 Å². The van der Waals surface area contributed by atoms with Crippen LogP contribution in [0.25, 0.3) is 0 Å². The van der Waals surface area contributed by atoms with E-state index in [0.717, 1.165) is 32.3 Å². The number of methoxy groups -OCH3 is 1. The van der Waals surface area contributed by atoms with E-state index in [1.165, 1.54) is 19.3 Å². The summed E-state index contributed by atoms with van der Waals surface area (Å²) in [4.78, 5) is 2.38. The maximum absolute atomic E-state index is 5.11. The molecule has 1 fully saturated rings. The lowest BCUT2D eigenvalue weighted by atomic mass is 9.87. The minimum atomic E-state index is 0.394. The second-order valence-electron chi connectivity index (χ2n) is 5.55. The van der Waals surface area contributed by atoms with Crippen molar-refractivity contribution >= 4 is 0 Å². The molecular formula is C13H28N2O. The fraction of sp³-hybridized carbons (Fsp3) is 1.00. The monoisotopic (exact) mass is 228 g/mol. The molecule has 1 aliphatic carbocycles. The van der Waals surface area contributed by atoms with Crippen LogP contribution in [0.4, 0.5) is 0 Å². The van der Waals surface area contributed by atoms with Gasteiger partial charge in [-0.25, -0.2) is 0 Å². The first-order valence-electron chi connectivity index (χ1n) is 6.50. The molecule has 96 valence electrons. The first-order chi connectivity index (χ1) is 7.59. The van der Waals surface area contributed by atoms with Crippen LogP contribution < -0.4 is 5.32 Å². The summed E-state index contributed by atoms with van der Waals surface area (Å²) >= 11 is 0. The van der Waals surface area contributed by atoms with Crippen LogP contribution >= 0.6 is 0 Å². The molecule has 0 aliphatic heterocycles. The molecule has 1 aliphatic rings. The topological polar surface area (TPSA) is 24.5 Å². The van der Waals surface area contributed by atoms with Gasteiger partial charge in [0.2, 0.25) is 0 Å². The van der Waals surface area contributed by atoms with E-state index >= 15 is 0 Å². The van der Waals surface area contributed by atoms with Crippen LogP contribution in [0.15, 0.2) is 0 Å². The predicted molar refractivity (Wildman–Crippen MR) is 68.8 cm³/mol. The molecule has 0 aromatic heterocycles. The summed E-state index contributed by atoms with van der Waals surface area (Å²) < 4.78 is 5.11. The zero-order chi connectivity index (χ0) is 12.0. The van der Waals surface area contributed by atoms with Gasteiger partial charge in [0.25, 0.3) is 0 Å². The van der Waals surface area contributed by atoms with Gasteiger partial charge in [-0.05, 0) is 31.7 Å². The van der Waals surface area contributed by atoms with Gasteiger partial charge in [0.15, 0.2) is 0 Å². The molecule has 0 amide bonds. The minimum absolute atomic E-state index is 0.394. The van der Waals surface area contributed by atoms with E-state index < -0.39 is 0 Å². The van der Waals surface area contributed by atoms with Crippen molar-refractivity contribution in [1.29, 1.82) is 0 Å². The summed E-state index contributed by atoms with van der Waals surface area (Å²) in [7, 11) is 3.95. The Bertz CT molecular complexity index is 194. The van der Waals surface area contributed by atoms with Crippen molar-refractivity contribution in [2.75, 3.05) is 40.4 Å². The molecule has 0 radical (unpaired) electrons. The Kier molecular flexibility index (Phi) is 5.73. The van der Waals surface area contributed by atoms with Crippen molar-refractivity contribution in [1.82, 2.24) is 10.2 Å². The van der Waals surface area contributed by atoms with Crippen LogP contribution in [0.3, 0.4) is 0 Å². The van der Waals surface area contributed by atoms with Crippen molar-refractivity contribution < 1.29 is 4.74 Å². The van der Waals surface area contributed by atoms with Crippen LogP contribution in [0.2, 0.25) is 0 Å². The quantitative estimate of drug-likeness (QED) is 0.650. The highest BCUT2D eigenvalue weighted by Crippen LogP contribution is 2.25. The molecule has 3 nitrogen and oxygen atoms in total. The number of likely N-dealkylation sites (N-methyl/N-ethyl adjacent to an activating group) is 1. The van der Waals surface area contributed by atoms with Gasteiger partial charge in [0.1, 0.15) is 0 Å². The van der Waals surface area contributed by atoms with Crippen LogP contribution in [0.1, 0.15) is 33.1 Å². The zero-order valence-electron chi connectivity index (χ0n) is 11.4. The molecular weight excluding hydrogens is 200 g/mol. The smallest absolute Gasteiger partial charge is 0.0589 e. The van der Waals surface area contributed by atoms with Gasteiger partial charge in [-0.2, -0.15) is 0 Å². The average Bonchev–Trinajstić information content (AvgIpc) is 3.07. The van der Waals surface area contributed by atoms with E-state index in [1.54, 1.807) is 7.11 Å². The fourth-order valence-electron chi connectivity index (χ4n) is 1.95. The third-order valence-corrected chi connectivity index (χ3v) is 3.58. The SMILES string of the molecule is CCC(C)(CNC1CC1)CN(C)CCOC. The molecule has 1 rings (SSSR count). The molecule has 0 spiro atoms. The number of nitrogens with one attached hydrogen (secondary N) is 1. The van der Waals surface area contributed by atoms with Crippen molar-refractivity contribution in [2.45, 2.75) is 39.2 Å². The number of hydrogen-bond donors (Lipinski definition) is 1. The van der Waals surface area contributed by atoms with Gasteiger partial charge in [0, 0.05) is 32.8 Å². The molecule has 1 N–H and O–H groups in total. The molecule has 3 heteroatoms. The Labute approximate surface area is 101 Å². The van der Waals surface area contributed by atoms with Gasteiger partial charge < -0.3 is 15.0 Å². The van der Waals surface area contributed by atoms with Gasteiger partial charge >= 0.3 is 0 Å². The van der Waals surface area contributed by atoms with E-state index in [0.29, 0.717) is 5.41 Å². The Morgan fingerprint density at radius 1 is 1.44 bits per heavy atom. The van der Waals surface area contributed by atoms with Crippen LogP contribution in [-0.4, -0.2) is 51.3 Å². The predicted octanol–water partition coefficient (Wildman–Crippen LogP) is 1.73. The first kappa shape index (κ1) is 13.9. The molecule has 0 heterocycles. The maximum atomic E-state index is 5.11. The summed E-state index contributed by atoms with van der Waals surface area (Å²) in [5.74, 6) is 0. The molecule has 16 heavy (non-hydrogen) atoms. The Balaban J connectivity index is 2.25. The standard InChI is InChI=1S/C13H28N2O/c1-5-13(2,10-14-12-6-7-12)11-15(3)8-9-16-4/h12,14H,5-11H2,1-4H3.